The van der Waals surface area contributed by atoms with Crippen LogP contribution in [0.15, 0.2) is 267 Å². The third-order valence-electron chi connectivity index (χ3n) is 13.8. The first-order chi connectivity index (χ1) is 33.7. The van der Waals surface area contributed by atoms with Crippen LogP contribution < -0.4 is 4.90 Å². The fourth-order valence-electron chi connectivity index (χ4n) is 10.3. The Balaban J connectivity index is 0.878. The van der Waals surface area contributed by atoms with Gasteiger partial charge >= 0.3 is 0 Å². The summed E-state index contributed by atoms with van der Waals surface area (Å²) in [6.07, 6.45) is 0. The van der Waals surface area contributed by atoms with Crippen LogP contribution in [0.5, 0.6) is 0 Å². The monoisotopic (exact) mass is 864 g/mol. The van der Waals surface area contributed by atoms with Crippen molar-refractivity contribution < 1.29 is 0 Å². The molecule has 0 bridgehead atoms. The Morgan fingerprint density at radius 3 is 1.22 bits per heavy atom. The largest absolute Gasteiger partial charge is 0.311 e. The molecule has 12 aromatic carbocycles. The molecule has 68 heavy (non-hydrogen) atoms. The van der Waals surface area contributed by atoms with Gasteiger partial charge in [-0.1, -0.05) is 206 Å². The molecule has 0 unspecified atom stereocenters. The number of fused-ring (bicyclic) bond motifs is 8. The SMILES string of the molecule is c1ccc(-c2ccc(-c3ccc(N(c4ccc(-c5ccc6c(ccc7ccccc76)c5)cc4)c4ccc(-c5ccc6c7ccc8ccccc8c7n(-c7ccccc7)c6c5)cc4)cc3)cc2)cc1. The Bertz CT molecular complexity index is 3960. The molecular formula is C66H44N2. The number of benzene rings is 12. The van der Waals surface area contributed by atoms with Crippen LogP contribution in [0.2, 0.25) is 0 Å². The summed E-state index contributed by atoms with van der Waals surface area (Å²) in [4.78, 5) is 2.37. The highest BCUT2D eigenvalue weighted by molar-refractivity contribution is 6.19. The minimum Gasteiger partial charge on any atom is -0.311 e. The van der Waals surface area contributed by atoms with Gasteiger partial charge in [-0.3, -0.25) is 0 Å². The third-order valence-corrected chi connectivity index (χ3v) is 13.8. The van der Waals surface area contributed by atoms with Gasteiger partial charge in [-0.25, -0.2) is 0 Å². The van der Waals surface area contributed by atoms with Gasteiger partial charge < -0.3 is 9.47 Å². The van der Waals surface area contributed by atoms with Crippen molar-refractivity contribution in [1.29, 1.82) is 0 Å². The van der Waals surface area contributed by atoms with Crippen molar-refractivity contribution in [3.05, 3.63) is 267 Å². The molecule has 0 saturated carbocycles. The Morgan fingerprint density at radius 1 is 0.235 bits per heavy atom. The van der Waals surface area contributed by atoms with Crippen LogP contribution >= 0.6 is 0 Å². The molecule has 0 saturated heterocycles. The first-order valence-corrected chi connectivity index (χ1v) is 23.4. The van der Waals surface area contributed by atoms with Crippen LogP contribution in [0.25, 0.3) is 104 Å². The molecule has 13 aromatic rings. The molecule has 13 rings (SSSR count). The molecule has 2 nitrogen and oxygen atoms in total. The molecule has 0 amide bonds. The molecule has 0 N–H and O–H groups in total. The fraction of sp³-hybridized carbons (Fsp3) is 0. The fourth-order valence-corrected chi connectivity index (χ4v) is 10.3. The maximum Gasteiger partial charge on any atom is 0.0619 e. The molecule has 0 radical (unpaired) electrons. The number of para-hydroxylation sites is 1. The van der Waals surface area contributed by atoms with Crippen LogP contribution in [0.1, 0.15) is 0 Å². The number of hydrogen-bond acceptors (Lipinski definition) is 1. The predicted octanol–water partition coefficient (Wildman–Crippen LogP) is 18.4. The van der Waals surface area contributed by atoms with Crippen LogP contribution in [0, 0.1) is 0 Å². The summed E-state index contributed by atoms with van der Waals surface area (Å²) in [6, 6.07) is 97.4. The number of hydrogen-bond donors (Lipinski definition) is 0. The molecule has 0 aliphatic heterocycles. The normalized spacial score (nSPS) is 11.5. The highest BCUT2D eigenvalue weighted by atomic mass is 15.1. The Morgan fingerprint density at radius 2 is 0.618 bits per heavy atom. The van der Waals surface area contributed by atoms with Crippen LogP contribution in [0.4, 0.5) is 17.1 Å². The van der Waals surface area contributed by atoms with Gasteiger partial charge in [-0.2, -0.15) is 0 Å². The van der Waals surface area contributed by atoms with Crippen molar-refractivity contribution in [2.75, 3.05) is 4.90 Å². The molecule has 1 aromatic heterocycles. The Labute approximate surface area is 395 Å². The van der Waals surface area contributed by atoms with Crippen LogP contribution in [-0.2, 0) is 0 Å². The second kappa shape index (κ2) is 16.5. The lowest BCUT2D eigenvalue weighted by Gasteiger charge is -2.26. The summed E-state index contributed by atoms with van der Waals surface area (Å²) in [6.45, 7) is 0. The summed E-state index contributed by atoms with van der Waals surface area (Å²) in [5.41, 5.74) is 16.4. The van der Waals surface area contributed by atoms with Gasteiger partial charge in [0.25, 0.3) is 0 Å². The van der Waals surface area contributed by atoms with E-state index >= 15 is 0 Å². The van der Waals surface area contributed by atoms with Gasteiger partial charge in [0.1, 0.15) is 0 Å². The minimum atomic E-state index is 1.09. The van der Waals surface area contributed by atoms with Gasteiger partial charge in [-0.15, -0.1) is 0 Å². The molecule has 0 fully saturated rings. The lowest BCUT2D eigenvalue weighted by Crippen LogP contribution is -2.09. The van der Waals surface area contributed by atoms with E-state index in [0.29, 0.717) is 0 Å². The van der Waals surface area contributed by atoms with Crippen molar-refractivity contribution in [3.63, 3.8) is 0 Å². The smallest absolute Gasteiger partial charge is 0.0619 e. The first kappa shape index (κ1) is 39.4. The number of anilines is 3. The molecular weight excluding hydrogens is 821 g/mol. The topological polar surface area (TPSA) is 8.17 Å². The quantitative estimate of drug-likeness (QED) is 0.138. The average Bonchev–Trinajstić information content (AvgIpc) is 3.76. The highest BCUT2D eigenvalue weighted by Crippen LogP contribution is 2.41. The van der Waals surface area contributed by atoms with E-state index in [2.05, 4.69) is 276 Å². The molecule has 0 spiro atoms. The van der Waals surface area contributed by atoms with E-state index < -0.39 is 0 Å². The molecule has 2 heteroatoms. The molecule has 318 valence electrons. The van der Waals surface area contributed by atoms with E-state index in [1.165, 1.54) is 98.6 Å². The summed E-state index contributed by atoms with van der Waals surface area (Å²) in [7, 11) is 0. The van der Waals surface area contributed by atoms with E-state index in [1.807, 2.05) is 0 Å². The summed E-state index contributed by atoms with van der Waals surface area (Å²) >= 11 is 0. The molecule has 0 atom stereocenters. The first-order valence-electron chi connectivity index (χ1n) is 23.4. The van der Waals surface area contributed by atoms with E-state index in [9.17, 15) is 0 Å². The van der Waals surface area contributed by atoms with Gasteiger partial charge in [-0.05, 0) is 132 Å². The van der Waals surface area contributed by atoms with Crippen molar-refractivity contribution in [1.82, 2.24) is 4.57 Å². The zero-order valence-electron chi connectivity index (χ0n) is 37.3. The van der Waals surface area contributed by atoms with Crippen LogP contribution in [-0.4, -0.2) is 4.57 Å². The maximum absolute atomic E-state index is 2.44. The third kappa shape index (κ3) is 6.90. The van der Waals surface area contributed by atoms with Crippen molar-refractivity contribution >= 4 is 71.2 Å². The van der Waals surface area contributed by atoms with E-state index in [1.54, 1.807) is 0 Å². The zero-order chi connectivity index (χ0) is 45.0. The van der Waals surface area contributed by atoms with Gasteiger partial charge in [0.05, 0.1) is 11.0 Å². The second-order valence-corrected chi connectivity index (χ2v) is 17.7. The van der Waals surface area contributed by atoms with Crippen molar-refractivity contribution in [3.8, 4) is 50.2 Å². The van der Waals surface area contributed by atoms with Crippen molar-refractivity contribution in [2.45, 2.75) is 0 Å². The van der Waals surface area contributed by atoms with Gasteiger partial charge in [0.2, 0.25) is 0 Å². The number of aromatic nitrogens is 1. The summed E-state index contributed by atoms with van der Waals surface area (Å²) in [5, 5.41) is 10.1. The van der Waals surface area contributed by atoms with Gasteiger partial charge in [0.15, 0.2) is 0 Å². The predicted molar refractivity (Wildman–Crippen MR) is 290 cm³/mol. The minimum absolute atomic E-state index is 1.09. The summed E-state index contributed by atoms with van der Waals surface area (Å²) < 4.78 is 2.44. The number of rotatable bonds is 8. The average molecular weight is 865 g/mol. The maximum atomic E-state index is 2.44. The van der Waals surface area contributed by atoms with Gasteiger partial charge in [0, 0.05) is 38.9 Å². The van der Waals surface area contributed by atoms with Crippen LogP contribution in [0.3, 0.4) is 0 Å². The molecule has 1 heterocycles. The Hall–Kier alpha value is -8.98. The zero-order valence-corrected chi connectivity index (χ0v) is 37.3. The van der Waals surface area contributed by atoms with E-state index in [0.717, 1.165) is 22.7 Å². The lowest BCUT2D eigenvalue weighted by molar-refractivity contribution is 1.19. The van der Waals surface area contributed by atoms with E-state index in [4.69, 9.17) is 0 Å². The Kier molecular flexibility index (Phi) is 9.54. The summed E-state index contributed by atoms with van der Waals surface area (Å²) in [5.74, 6) is 0. The highest BCUT2D eigenvalue weighted by Gasteiger charge is 2.18. The molecule has 0 aliphatic carbocycles. The molecule has 0 aliphatic rings. The van der Waals surface area contributed by atoms with Crippen molar-refractivity contribution in [2.24, 2.45) is 0 Å². The second-order valence-electron chi connectivity index (χ2n) is 17.7. The standard InChI is InChI=1S/C66H44N2/c1-3-11-45(12-4-1)46-19-21-47(22-20-46)48-25-34-57(35-26-48)67(58-36-27-49(28-37-58)53-32-40-61-55(43-53)24-23-51-13-7-9-17-60(51)61)59-38-29-50(30-39-59)54-33-41-63-64-42-31-52-14-8-10-18-62(52)66(64)68(65(63)44-54)56-15-5-2-6-16-56/h1-44H. The van der Waals surface area contributed by atoms with E-state index in [-0.39, 0.29) is 0 Å². The number of nitrogens with zero attached hydrogens (tertiary/aromatic N) is 2. The lowest BCUT2D eigenvalue weighted by atomic mass is 9.97.